The molecule has 0 aromatic heterocycles. The lowest BCUT2D eigenvalue weighted by Crippen LogP contribution is -2.51. The van der Waals surface area contributed by atoms with E-state index >= 15 is 0 Å². The van der Waals surface area contributed by atoms with E-state index in [1.165, 1.54) is 45.3 Å². The van der Waals surface area contributed by atoms with Gasteiger partial charge < -0.3 is 10.2 Å². The summed E-state index contributed by atoms with van der Waals surface area (Å²) >= 11 is 0. The molecule has 0 spiro atoms. The Morgan fingerprint density at radius 2 is 1.89 bits per heavy atom. The molecule has 2 unspecified atom stereocenters. The highest BCUT2D eigenvalue weighted by molar-refractivity contribution is 4.85. The summed E-state index contributed by atoms with van der Waals surface area (Å²) in [5, 5.41) is 3.79. The fourth-order valence-corrected chi connectivity index (χ4v) is 3.25. The third-order valence-electron chi connectivity index (χ3n) is 4.40. The van der Waals surface area contributed by atoms with Gasteiger partial charge in [-0.05, 0) is 36.5 Å². The van der Waals surface area contributed by atoms with E-state index in [-0.39, 0.29) is 0 Å². The predicted molar refractivity (Wildman–Crippen MR) is 78.8 cm³/mol. The summed E-state index contributed by atoms with van der Waals surface area (Å²) in [5.74, 6) is 1.87. The molecule has 0 aromatic rings. The van der Waals surface area contributed by atoms with Crippen molar-refractivity contribution < 1.29 is 0 Å². The maximum Gasteiger partial charge on any atom is 0.0198 e. The summed E-state index contributed by atoms with van der Waals surface area (Å²) in [6.45, 7) is 14.5. The largest absolute Gasteiger partial charge is 0.312 e. The zero-order valence-electron chi connectivity index (χ0n) is 12.8. The molecular weight excluding hydrogens is 220 g/mol. The molecule has 18 heavy (non-hydrogen) atoms. The topological polar surface area (TPSA) is 15.3 Å². The number of rotatable bonds is 4. The van der Waals surface area contributed by atoms with Gasteiger partial charge in [0.05, 0.1) is 0 Å². The second kappa shape index (κ2) is 5.92. The Kier molecular flexibility index (Phi) is 4.71. The summed E-state index contributed by atoms with van der Waals surface area (Å²) in [6, 6.07) is 0.716. The van der Waals surface area contributed by atoms with E-state index in [9.17, 15) is 0 Å². The lowest BCUT2D eigenvalue weighted by molar-refractivity contribution is 0.104. The SMILES string of the molecule is CC1CC(NCC(C)(C)C)CN(CC2CCC2)C1. The molecule has 0 aromatic carbocycles. The quantitative estimate of drug-likeness (QED) is 0.827. The van der Waals surface area contributed by atoms with Gasteiger partial charge in [0, 0.05) is 32.2 Å². The van der Waals surface area contributed by atoms with Crippen molar-refractivity contribution in [2.75, 3.05) is 26.2 Å². The van der Waals surface area contributed by atoms with E-state index in [0.29, 0.717) is 11.5 Å². The third kappa shape index (κ3) is 4.55. The Hall–Kier alpha value is -0.0800. The van der Waals surface area contributed by atoms with E-state index in [0.717, 1.165) is 18.4 Å². The molecule has 1 heterocycles. The zero-order valence-corrected chi connectivity index (χ0v) is 12.8. The number of nitrogens with one attached hydrogen (secondary N) is 1. The first kappa shape index (κ1) is 14.3. The fraction of sp³-hybridized carbons (Fsp3) is 1.00. The molecule has 2 nitrogen and oxygen atoms in total. The standard InChI is InChI=1S/C16H32N2/c1-13-8-15(17-12-16(2,3)4)11-18(9-13)10-14-6-5-7-14/h13-15,17H,5-12H2,1-4H3. The van der Waals surface area contributed by atoms with Crippen molar-refractivity contribution in [3.63, 3.8) is 0 Å². The molecule has 1 aliphatic carbocycles. The molecule has 1 aliphatic heterocycles. The van der Waals surface area contributed by atoms with E-state index in [2.05, 4.69) is 37.9 Å². The molecule has 2 heteroatoms. The van der Waals surface area contributed by atoms with Gasteiger partial charge in [-0.15, -0.1) is 0 Å². The molecule has 0 amide bonds. The molecule has 0 radical (unpaired) electrons. The normalized spacial score (nSPS) is 31.3. The smallest absolute Gasteiger partial charge is 0.0198 e. The molecule has 2 rings (SSSR count). The van der Waals surface area contributed by atoms with Crippen LogP contribution in [0.1, 0.15) is 53.4 Å². The Balaban J connectivity index is 1.76. The van der Waals surface area contributed by atoms with Crippen LogP contribution in [0.3, 0.4) is 0 Å². The molecule has 2 fully saturated rings. The Morgan fingerprint density at radius 3 is 2.44 bits per heavy atom. The van der Waals surface area contributed by atoms with Gasteiger partial charge in [-0.3, -0.25) is 0 Å². The number of nitrogens with zero attached hydrogens (tertiary/aromatic N) is 1. The molecule has 2 atom stereocenters. The van der Waals surface area contributed by atoms with Crippen LogP contribution in [-0.2, 0) is 0 Å². The van der Waals surface area contributed by atoms with Crippen molar-refractivity contribution in [2.24, 2.45) is 17.3 Å². The highest BCUT2D eigenvalue weighted by Crippen LogP contribution is 2.29. The molecule has 106 valence electrons. The van der Waals surface area contributed by atoms with Gasteiger partial charge >= 0.3 is 0 Å². The average Bonchev–Trinajstić information content (AvgIpc) is 2.19. The predicted octanol–water partition coefficient (Wildman–Crippen LogP) is 3.13. The van der Waals surface area contributed by atoms with Crippen molar-refractivity contribution in [1.29, 1.82) is 0 Å². The lowest BCUT2D eigenvalue weighted by Gasteiger charge is -2.41. The fourth-order valence-electron chi connectivity index (χ4n) is 3.25. The van der Waals surface area contributed by atoms with Crippen LogP contribution in [0.4, 0.5) is 0 Å². The van der Waals surface area contributed by atoms with E-state index in [1.807, 2.05) is 0 Å². The molecule has 1 saturated carbocycles. The van der Waals surface area contributed by atoms with Crippen molar-refractivity contribution >= 4 is 0 Å². The molecule has 2 aliphatic rings. The van der Waals surface area contributed by atoms with Gasteiger partial charge in [-0.1, -0.05) is 34.1 Å². The summed E-state index contributed by atoms with van der Waals surface area (Å²) < 4.78 is 0. The van der Waals surface area contributed by atoms with Crippen LogP contribution in [-0.4, -0.2) is 37.1 Å². The Morgan fingerprint density at radius 1 is 1.17 bits per heavy atom. The first-order valence-electron chi connectivity index (χ1n) is 7.88. The van der Waals surface area contributed by atoms with Gasteiger partial charge in [0.2, 0.25) is 0 Å². The zero-order chi connectivity index (χ0) is 13.2. The molecule has 1 saturated heterocycles. The number of likely N-dealkylation sites (tertiary alicyclic amines) is 1. The van der Waals surface area contributed by atoms with E-state index < -0.39 is 0 Å². The van der Waals surface area contributed by atoms with Crippen LogP contribution in [0.25, 0.3) is 0 Å². The minimum Gasteiger partial charge on any atom is -0.312 e. The second-order valence-corrected chi connectivity index (χ2v) is 7.99. The summed E-state index contributed by atoms with van der Waals surface area (Å²) in [6.07, 6.45) is 5.78. The minimum atomic E-state index is 0.402. The monoisotopic (exact) mass is 252 g/mol. The maximum atomic E-state index is 3.79. The Labute approximate surface area is 114 Å². The number of hydrogen-bond donors (Lipinski definition) is 1. The maximum absolute atomic E-state index is 3.79. The summed E-state index contributed by atoms with van der Waals surface area (Å²) in [4.78, 5) is 2.72. The summed E-state index contributed by atoms with van der Waals surface area (Å²) in [5.41, 5.74) is 0.402. The molecular formula is C16H32N2. The van der Waals surface area contributed by atoms with Crippen molar-refractivity contribution in [1.82, 2.24) is 10.2 Å². The average molecular weight is 252 g/mol. The van der Waals surface area contributed by atoms with Crippen LogP contribution < -0.4 is 5.32 Å². The van der Waals surface area contributed by atoms with Gasteiger partial charge in [0.15, 0.2) is 0 Å². The number of hydrogen-bond acceptors (Lipinski definition) is 2. The van der Waals surface area contributed by atoms with Crippen LogP contribution >= 0.6 is 0 Å². The minimum absolute atomic E-state index is 0.402. The van der Waals surface area contributed by atoms with Crippen molar-refractivity contribution in [3.05, 3.63) is 0 Å². The van der Waals surface area contributed by atoms with E-state index in [1.54, 1.807) is 0 Å². The van der Waals surface area contributed by atoms with Gasteiger partial charge in [-0.25, -0.2) is 0 Å². The van der Waals surface area contributed by atoms with Gasteiger partial charge in [-0.2, -0.15) is 0 Å². The van der Waals surface area contributed by atoms with Crippen molar-refractivity contribution in [2.45, 2.75) is 59.4 Å². The summed E-state index contributed by atoms with van der Waals surface area (Å²) in [7, 11) is 0. The molecule has 0 bridgehead atoms. The number of piperidine rings is 1. The highest BCUT2D eigenvalue weighted by atomic mass is 15.2. The van der Waals surface area contributed by atoms with Crippen molar-refractivity contribution in [3.8, 4) is 0 Å². The van der Waals surface area contributed by atoms with Crippen LogP contribution in [0.5, 0.6) is 0 Å². The first-order chi connectivity index (χ1) is 8.42. The lowest BCUT2D eigenvalue weighted by atomic mass is 9.84. The third-order valence-corrected chi connectivity index (χ3v) is 4.40. The second-order valence-electron chi connectivity index (χ2n) is 7.99. The Bertz CT molecular complexity index is 252. The van der Waals surface area contributed by atoms with Crippen LogP contribution in [0, 0.1) is 17.3 Å². The van der Waals surface area contributed by atoms with E-state index in [4.69, 9.17) is 0 Å². The first-order valence-corrected chi connectivity index (χ1v) is 7.88. The van der Waals surface area contributed by atoms with Gasteiger partial charge in [0.25, 0.3) is 0 Å². The van der Waals surface area contributed by atoms with Crippen LogP contribution in [0.15, 0.2) is 0 Å². The molecule has 1 N–H and O–H groups in total. The van der Waals surface area contributed by atoms with Gasteiger partial charge in [0.1, 0.15) is 0 Å². The highest BCUT2D eigenvalue weighted by Gasteiger charge is 2.28. The van der Waals surface area contributed by atoms with Crippen LogP contribution in [0.2, 0.25) is 0 Å².